The number of rotatable bonds is 10. The topological polar surface area (TPSA) is 123 Å². The molecule has 0 saturated carbocycles. The van der Waals surface area contributed by atoms with Crippen LogP contribution in [0.3, 0.4) is 0 Å². The van der Waals surface area contributed by atoms with E-state index in [1.165, 1.54) is 36.8 Å². The molecule has 10 nitrogen and oxygen atoms in total. The van der Waals surface area contributed by atoms with Crippen LogP contribution < -0.4 is 5.32 Å². The maximum absolute atomic E-state index is 13.8. The maximum atomic E-state index is 13.8. The zero-order valence-electron chi connectivity index (χ0n) is 22.4. The zero-order valence-corrected chi connectivity index (χ0v) is 22.4. The Labute approximate surface area is 237 Å². The summed E-state index contributed by atoms with van der Waals surface area (Å²) in [5, 5.41) is 14.9. The minimum absolute atomic E-state index is 0.0276. The molecule has 0 spiro atoms. The van der Waals surface area contributed by atoms with Crippen molar-refractivity contribution in [3.8, 4) is 12.3 Å². The number of pyridine rings is 1. The molecular weight excluding hydrogens is 558 g/mol. The highest BCUT2D eigenvalue weighted by Gasteiger charge is 2.47. The third-order valence-corrected chi connectivity index (χ3v) is 6.28. The van der Waals surface area contributed by atoms with Crippen molar-refractivity contribution >= 4 is 33.9 Å². The second-order valence-electron chi connectivity index (χ2n) is 10.1. The Kier molecular flexibility index (Phi) is 8.44. The zero-order chi connectivity index (χ0) is 30.7. The fourth-order valence-electron chi connectivity index (χ4n) is 4.32. The number of halogens is 4. The Morgan fingerprint density at radius 1 is 1.24 bits per heavy atom. The Morgan fingerprint density at radius 3 is 2.69 bits per heavy atom. The highest BCUT2D eigenvalue weighted by atomic mass is 19.4. The minimum atomic E-state index is -4.75. The van der Waals surface area contributed by atoms with Gasteiger partial charge in [-0.2, -0.15) is 13.2 Å². The van der Waals surface area contributed by atoms with Gasteiger partial charge in [-0.05, 0) is 46.3 Å². The molecule has 0 amide bonds. The lowest BCUT2D eigenvalue weighted by Crippen LogP contribution is -2.41. The van der Waals surface area contributed by atoms with Crippen LogP contribution in [0.2, 0.25) is 0 Å². The number of alkyl halides is 3. The number of fused-ring (bicyclic) bond motifs is 1. The number of allylic oxidation sites excluding steroid dienone is 1. The first-order valence-electron chi connectivity index (χ1n) is 12.4. The maximum Gasteiger partial charge on any atom is 0.454 e. The molecule has 1 aromatic carbocycles. The van der Waals surface area contributed by atoms with Gasteiger partial charge in [0.05, 0.1) is 56.3 Å². The second kappa shape index (κ2) is 11.8. The lowest BCUT2D eigenvalue weighted by atomic mass is 10.1. The van der Waals surface area contributed by atoms with Gasteiger partial charge in [0.25, 0.3) is 0 Å². The van der Waals surface area contributed by atoms with Crippen LogP contribution in [0.1, 0.15) is 17.7 Å². The number of carbonyl (C=O) groups is 1. The summed E-state index contributed by atoms with van der Waals surface area (Å²) in [4.78, 5) is 38.9. The van der Waals surface area contributed by atoms with Gasteiger partial charge in [0.2, 0.25) is 5.71 Å². The Hall–Kier alpha value is -5.03. The van der Waals surface area contributed by atoms with Gasteiger partial charge in [0.1, 0.15) is 24.5 Å². The number of hydrogen-bond donors (Lipinski definition) is 1. The number of anilines is 2. The van der Waals surface area contributed by atoms with Crippen molar-refractivity contribution in [3.05, 3.63) is 87.5 Å². The van der Waals surface area contributed by atoms with Crippen LogP contribution in [0.4, 0.5) is 29.1 Å². The van der Waals surface area contributed by atoms with Gasteiger partial charge in [-0.1, -0.05) is 5.92 Å². The summed E-state index contributed by atoms with van der Waals surface area (Å²) in [5.41, 5.74) is 0.290. The van der Waals surface area contributed by atoms with Crippen LogP contribution in [0, 0.1) is 28.3 Å². The van der Waals surface area contributed by atoms with E-state index in [2.05, 4.69) is 31.2 Å². The monoisotopic (exact) mass is 582 g/mol. The number of carbonyl (C=O) groups excluding carboxylic acids is 1. The van der Waals surface area contributed by atoms with E-state index in [9.17, 15) is 32.5 Å². The van der Waals surface area contributed by atoms with Gasteiger partial charge in [-0.15, -0.1) is 6.42 Å². The van der Waals surface area contributed by atoms with Gasteiger partial charge in [-0.3, -0.25) is 9.78 Å². The highest BCUT2D eigenvalue weighted by molar-refractivity contribution is 5.95. The number of hydrogen-bond acceptors (Lipinski definition) is 8. The molecule has 3 heterocycles. The van der Waals surface area contributed by atoms with Crippen molar-refractivity contribution < 1.29 is 31.8 Å². The van der Waals surface area contributed by atoms with Gasteiger partial charge >= 0.3 is 12.0 Å². The van der Waals surface area contributed by atoms with Gasteiger partial charge < -0.3 is 19.9 Å². The summed E-state index contributed by atoms with van der Waals surface area (Å²) < 4.78 is 53.0. The average Bonchev–Trinajstić information content (AvgIpc) is 3.34. The molecule has 1 aliphatic heterocycles. The predicted octanol–water partition coefficient (Wildman–Crippen LogP) is 4.53. The molecule has 14 heteroatoms. The average molecular weight is 583 g/mol. The third kappa shape index (κ3) is 7.18. The summed E-state index contributed by atoms with van der Waals surface area (Å²) in [6.07, 6.45) is 5.59. The van der Waals surface area contributed by atoms with Crippen molar-refractivity contribution in [1.82, 2.24) is 15.0 Å². The molecule has 0 bridgehead atoms. The summed E-state index contributed by atoms with van der Waals surface area (Å²) in [6.45, 7) is 0.156. The first-order chi connectivity index (χ1) is 19.8. The Balaban J connectivity index is 1.42. The largest absolute Gasteiger partial charge is 0.454 e. The van der Waals surface area contributed by atoms with Crippen LogP contribution in [0.15, 0.2) is 65.3 Å². The summed E-state index contributed by atoms with van der Waals surface area (Å²) >= 11 is 0. The number of quaternary nitrogens is 1. The number of nitrogens with one attached hydrogen (secondary N) is 1. The fourth-order valence-corrected chi connectivity index (χ4v) is 4.32. The number of ketones is 1. The predicted molar refractivity (Wildman–Crippen MR) is 147 cm³/mol. The van der Waals surface area contributed by atoms with E-state index in [0.29, 0.717) is 28.1 Å². The van der Waals surface area contributed by atoms with E-state index in [1.807, 2.05) is 0 Å². The number of nitrogens with zero attached hydrogens (tertiary/aromatic N) is 6. The molecule has 42 heavy (non-hydrogen) atoms. The molecule has 1 N–H and O–H groups in total. The first-order valence-corrected chi connectivity index (χ1v) is 12.4. The molecule has 216 valence electrons. The van der Waals surface area contributed by atoms with E-state index in [-0.39, 0.29) is 40.9 Å². The molecule has 0 unspecified atom stereocenters. The molecule has 0 fully saturated rings. The number of aromatic nitrogens is 3. The second-order valence-corrected chi connectivity index (χ2v) is 10.1. The minimum Gasteiger partial charge on any atom is -0.358 e. The number of likely N-dealkylation sites (N-methyl/N-ethyl adjacent to an activating group) is 1. The van der Waals surface area contributed by atoms with Crippen molar-refractivity contribution in [2.24, 2.45) is 4.99 Å². The van der Waals surface area contributed by atoms with Crippen molar-refractivity contribution in [1.29, 1.82) is 0 Å². The molecule has 0 saturated heterocycles. The van der Waals surface area contributed by atoms with E-state index in [1.54, 1.807) is 26.2 Å². The van der Waals surface area contributed by atoms with Crippen LogP contribution in [0.5, 0.6) is 0 Å². The number of aliphatic imine (C=N–C) groups is 1. The fraction of sp³-hybridized carbons (Fsp3) is 0.250. The molecule has 4 rings (SSSR count). The molecular formula is C28H24F4N7O3+. The number of nitro groups is 1. The van der Waals surface area contributed by atoms with Crippen LogP contribution >= 0.6 is 0 Å². The molecule has 0 atom stereocenters. The lowest BCUT2D eigenvalue weighted by Gasteiger charge is -2.28. The van der Waals surface area contributed by atoms with Crippen LogP contribution in [0.25, 0.3) is 10.9 Å². The summed E-state index contributed by atoms with van der Waals surface area (Å²) in [6, 6.07) is 5.85. The third-order valence-electron chi connectivity index (χ3n) is 6.28. The molecule has 0 aliphatic carbocycles. The molecule has 0 radical (unpaired) electrons. The van der Waals surface area contributed by atoms with Crippen molar-refractivity contribution in [2.45, 2.75) is 19.0 Å². The number of terminal acetylenes is 1. The highest BCUT2D eigenvalue weighted by Crippen LogP contribution is 2.31. The molecule has 2 aromatic heterocycles. The van der Waals surface area contributed by atoms with E-state index < -0.39 is 34.9 Å². The summed E-state index contributed by atoms with van der Waals surface area (Å²) in [7, 11) is 3.36. The van der Waals surface area contributed by atoms with Gasteiger partial charge in [-0.25, -0.2) is 14.4 Å². The first kappa shape index (κ1) is 29.9. The van der Waals surface area contributed by atoms with Gasteiger partial charge in [0, 0.05) is 16.8 Å². The Bertz CT molecular complexity index is 1710. The standard InChI is InChI=1S/C28H24F4N7O3/c1-4-17-10-19(7-8-23(17)29)36-26-22-13-20(33-14-24(22)34-16-35-26)12-21(40)6-5-9-39(2,3)15-18-11-25(28(30,31)32)37-27(18)38(41)42/h1,5-8,10,13-14,16H,9,11-12,15H2,2-3H3,(H,34,35,36)/q+1/b6-5+. The van der Waals surface area contributed by atoms with Crippen LogP contribution in [-0.2, 0) is 11.2 Å². The quantitative estimate of drug-likeness (QED) is 0.0931. The van der Waals surface area contributed by atoms with Crippen molar-refractivity contribution in [3.63, 3.8) is 0 Å². The SMILES string of the molecule is C#Cc1cc(Nc2ncnc3cnc(CC(=O)/C=C/C[N+](C)(C)CC4=C([N+](=O)[O-])N=C(C(F)(F)F)C4)cc23)ccc1F. The smallest absolute Gasteiger partial charge is 0.358 e. The van der Waals surface area contributed by atoms with E-state index in [4.69, 9.17) is 6.42 Å². The molecule has 1 aliphatic rings. The summed E-state index contributed by atoms with van der Waals surface area (Å²) in [5.74, 6) is 1.06. The van der Waals surface area contributed by atoms with E-state index >= 15 is 0 Å². The van der Waals surface area contributed by atoms with E-state index in [0.717, 1.165) is 0 Å². The van der Waals surface area contributed by atoms with Gasteiger partial charge in [0.15, 0.2) is 5.78 Å². The number of benzene rings is 1. The van der Waals surface area contributed by atoms with Crippen molar-refractivity contribution in [2.75, 3.05) is 32.5 Å². The normalized spacial score (nSPS) is 13.9. The lowest BCUT2D eigenvalue weighted by molar-refractivity contribution is -0.880. The Morgan fingerprint density at radius 2 is 2.00 bits per heavy atom. The molecule has 3 aromatic rings. The van der Waals surface area contributed by atoms with Crippen LogP contribution in [-0.4, -0.2) is 69.2 Å².